The SMILES string of the molecule is [2H]C(CCC)(CCC)S(=O)(=O)C[C@](N)(C(N)=O)C(=O)OC[C@H]1CNC(=O)C1. The van der Waals surface area contributed by atoms with Gasteiger partial charge in [0.15, 0.2) is 9.84 Å². The molecule has 0 aromatic heterocycles. The van der Waals surface area contributed by atoms with Gasteiger partial charge in [-0.25, -0.2) is 13.2 Å². The highest BCUT2D eigenvalue weighted by atomic mass is 32.2. The van der Waals surface area contributed by atoms with Crippen LogP contribution in [0, 0.1) is 5.92 Å². The third-order valence-electron chi connectivity index (χ3n) is 4.23. The predicted molar refractivity (Wildman–Crippen MR) is 95.6 cm³/mol. The molecule has 26 heavy (non-hydrogen) atoms. The van der Waals surface area contributed by atoms with Crippen LogP contribution in [0.4, 0.5) is 0 Å². The molecule has 0 aliphatic carbocycles. The molecule has 150 valence electrons. The number of hydrogen-bond acceptors (Lipinski definition) is 7. The highest BCUT2D eigenvalue weighted by Gasteiger charge is 2.48. The Kier molecular flexibility index (Phi) is 7.39. The van der Waals surface area contributed by atoms with Crippen molar-refractivity contribution in [3.8, 4) is 0 Å². The van der Waals surface area contributed by atoms with Crippen LogP contribution in [0.3, 0.4) is 0 Å². The lowest BCUT2D eigenvalue weighted by Gasteiger charge is -2.26. The van der Waals surface area contributed by atoms with Gasteiger partial charge < -0.3 is 21.5 Å². The van der Waals surface area contributed by atoms with E-state index in [1.807, 2.05) is 0 Å². The Morgan fingerprint density at radius 3 is 2.38 bits per heavy atom. The molecule has 0 unspecified atom stereocenters. The topological polar surface area (TPSA) is 159 Å². The number of rotatable bonds is 11. The van der Waals surface area contributed by atoms with E-state index in [1.54, 1.807) is 13.8 Å². The maximum atomic E-state index is 12.8. The van der Waals surface area contributed by atoms with Crippen LogP contribution in [0.25, 0.3) is 0 Å². The smallest absolute Gasteiger partial charge is 0.337 e. The molecular weight excluding hydrogens is 362 g/mol. The normalized spacial score (nSPS) is 20.8. The van der Waals surface area contributed by atoms with Gasteiger partial charge in [0.05, 0.1) is 17.6 Å². The summed E-state index contributed by atoms with van der Waals surface area (Å²) in [6, 6.07) is 0. The van der Waals surface area contributed by atoms with Crippen molar-refractivity contribution in [3.63, 3.8) is 0 Å². The zero-order valence-corrected chi connectivity index (χ0v) is 16.1. The van der Waals surface area contributed by atoms with E-state index >= 15 is 0 Å². The molecule has 1 heterocycles. The van der Waals surface area contributed by atoms with Crippen LogP contribution in [0.1, 0.15) is 47.3 Å². The van der Waals surface area contributed by atoms with Crippen molar-refractivity contribution < 1.29 is 28.9 Å². The highest BCUT2D eigenvalue weighted by molar-refractivity contribution is 7.92. The molecule has 9 nitrogen and oxygen atoms in total. The molecule has 0 saturated carbocycles. The van der Waals surface area contributed by atoms with E-state index in [4.69, 9.17) is 17.6 Å². The van der Waals surface area contributed by atoms with Crippen LogP contribution in [-0.4, -0.2) is 55.9 Å². The number of sulfone groups is 1. The number of primary amides is 1. The van der Waals surface area contributed by atoms with E-state index in [9.17, 15) is 22.8 Å². The fourth-order valence-corrected chi connectivity index (χ4v) is 4.82. The molecule has 0 aromatic carbocycles. The molecule has 10 heteroatoms. The number of ether oxygens (including phenoxy) is 1. The van der Waals surface area contributed by atoms with Gasteiger partial charge >= 0.3 is 5.97 Å². The van der Waals surface area contributed by atoms with Gasteiger partial charge in [0.1, 0.15) is 0 Å². The van der Waals surface area contributed by atoms with Gasteiger partial charge in [0.25, 0.3) is 0 Å². The van der Waals surface area contributed by atoms with Crippen molar-refractivity contribution in [2.24, 2.45) is 17.4 Å². The van der Waals surface area contributed by atoms with Crippen LogP contribution in [0.15, 0.2) is 0 Å². The fourth-order valence-electron chi connectivity index (χ4n) is 2.73. The van der Waals surface area contributed by atoms with Crippen molar-refractivity contribution >= 4 is 27.6 Å². The van der Waals surface area contributed by atoms with Crippen molar-refractivity contribution in [1.29, 1.82) is 0 Å². The highest BCUT2D eigenvalue weighted by Crippen LogP contribution is 2.20. The number of hydrogen-bond donors (Lipinski definition) is 3. The summed E-state index contributed by atoms with van der Waals surface area (Å²) < 4.78 is 39.0. The minimum Gasteiger partial charge on any atom is -0.464 e. The lowest BCUT2D eigenvalue weighted by atomic mass is 10.0. The Morgan fingerprint density at radius 1 is 1.38 bits per heavy atom. The molecule has 0 radical (unpaired) electrons. The van der Waals surface area contributed by atoms with E-state index in [0.717, 1.165) is 0 Å². The van der Waals surface area contributed by atoms with Crippen LogP contribution in [0.2, 0.25) is 0 Å². The maximum Gasteiger partial charge on any atom is 0.337 e. The first-order chi connectivity index (χ1) is 12.4. The summed E-state index contributed by atoms with van der Waals surface area (Å²) in [5.74, 6) is -4.18. The molecule has 0 aromatic rings. The van der Waals surface area contributed by atoms with Gasteiger partial charge in [-0.2, -0.15) is 0 Å². The summed E-state index contributed by atoms with van der Waals surface area (Å²) in [5, 5.41) is 0.705. The molecule has 0 bridgehead atoms. The second-order valence-electron chi connectivity index (χ2n) is 6.61. The summed E-state index contributed by atoms with van der Waals surface area (Å²) in [6.45, 7) is 3.59. The first-order valence-electron chi connectivity index (χ1n) is 9.17. The van der Waals surface area contributed by atoms with Gasteiger partial charge in [0, 0.05) is 20.3 Å². The predicted octanol–water partition coefficient (Wildman–Crippen LogP) is -0.768. The second-order valence-corrected chi connectivity index (χ2v) is 8.70. The Labute approximate surface area is 155 Å². The number of carbonyl (C=O) groups excluding carboxylic acids is 3. The third kappa shape index (κ3) is 5.66. The first kappa shape index (κ1) is 20.6. The van der Waals surface area contributed by atoms with E-state index in [1.165, 1.54) is 0 Å². The lowest BCUT2D eigenvalue weighted by molar-refractivity contribution is -0.154. The largest absolute Gasteiger partial charge is 0.464 e. The second kappa shape index (κ2) is 9.31. The fraction of sp³-hybridized carbons (Fsp3) is 0.812. The molecule has 2 amide bonds. The van der Waals surface area contributed by atoms with Gasteiger partial charge in [-0.3, -0.25) is 9.59 Å². The van der Waals surface area contributed by atoms with Crippen molar-refractivity contribution in [2.75, 3.05) is 18.9 Å². The zero-order chi connectivity index (χ0) is 20.9. The Hall–Kier alpha value is -1.68. The molecule has 1 saturated heterocycles. The van der Waals surface area contributed by atoms with Crippen LogP contribution in [-0.2, 0) is 29.0 Å². The number of nitrogens with one attached hydrogen (secondary N) is 1. The van der Waals surface area contributed by atoms with Gasteiger partial charge in [0.2, 0.25) is 17.4 Å². The number of carbonyl (C=O) groups is 3. The van der Waals surface area contributed by atoms with E-state index in [0.29, 0.717) is 19.4 Å². The molecule has 1 aliphatic rings. The van der Waals surface area contributed by atoms with E-state index < -0.39 is 38.2 Å². The minimum absolute atomic E-state index is 0.0446. The average Bonchev–Trinajstić information content (AvgIpc) is 2.97. The number of esters is 1. The molecular formula is C16H29N3O6S. The number of nitrogens with two attached hydrogens (primary N) is 2. The Balaban J connectivity index is 2.98. The van der Waals surface area contributed by atoms with Crippen LogP contribution in [0.5, 0.6) is 0 Å². The third-order valence-corrected chi connectivity index (χ3v) is 6.35. The molecule has 2 atom stereocenters. The first-order valence-corrected chi connectivity index (χ1v) is 10.3. The van der Waals surface area contributed by atoms with Gasteiger partial charge in [-0.15, -0.1) is 0 Å². The molecule has 1 aliphatic heterocycles. The average molecular weight is 392 g/mol. The van der Waals surface area contributed by atoms with E-state index in [-0.39, 0.29) is 37.7 Å². The monoisotopic (exact) mass is 392 g/mol. The molecule has 0 spiro atoms. The van der Waals surface area contributed by atoms with Gasteiger partial charge in [-0.1, -0.05) is 26.7 Å². The summed E-state index contributed by atoms with van der Waals surface area (Å²) in [4.78, 5) is 35.4. The van der Waals surface area contributed by atoms with Gasteiger partial charge in [-0.05, 0) is 12.8 Å². The molecule has 5 N–H and O–H groups in total. The maximum absolute atomic E-state index is 12.8. The lowest BCUT2D eigenvalue weighted by Crippen LogP contribution is -2.63. The van der Waals surface area contributed by atoms with Crippen molar-refractivity contribution in [1.82, 2.24) is 5.32 Å². The quantitative estimate of drug-likeness (QED) is 0.307. The van der Waals surface area contributed by atoms with Crippen molar-refractivity contribution in [3.05, 3.63) is 0 Å². The van der Waals surface area contributed by atoms with Crippen LogP contribution < -0.4 is 16.8 Å². The zero-order valence-electron chi connectivity index (χ0n) is 16.2. The summed E-state index contributed by atoms with van der Waals surface area (Å²) in [5.41, 5.74) is 8.40. The molecule has 1 rings (SSSR count). The number of amides is 2. The Morgan fingerprint density at radius 2 is 1.96 bits per heavy atom. The minimum atomic E-state index is -4.27. The molecule has 1 fully saturated rings. The summed E-state index contributed by atoms with van der Waals surface area (Å²) >= 11 is 0. The van der Waals surface area contributed by atoms with E-state index in [2.05, 4.69) is 5.32 Å². The standard InChI is InChI=1S/C16H29N3O6S/c1-3-5-12(6-4-2)26(23,24)10-16(18,14(17)21)15(22)25-9-11-7-13(20)19-8-11/h11-12H,3-10,18H2,1-2H3,(H2,17,21)(H,19,20)/t11-,16+/m1/s1/i12D. The summed E-state index contributed by atoms with van der Waals surface area (Å²) in [7, 11) is -4.27. The summed E-state index contributed by atoms with van der Waals surface area (Å²) in [6.07, 6.45) is 1.11. The van der Waals surface area contributed by atoms with Crippen LogP contribution >= 0.6 is 0 Å². The Bertz CT molecular complexity index is 678. The van der Waals surface area contributed by atoms with Crippen molar-refractivity contribution in [2.45, 2.75) is 56.7 Å².